The molecule has 0 heterocycles. The first kappa shape index (κ1) is 12.8. The van der Waals surface area contributed by atoms with Gasteiger partial charge in [0.1, 0.15) is 5.75 Å². The van der Waals surface area contributed by atoms with Crippen molar-refractivity contribution >= 4 is 12.6 Å². The Balaban J connectivity index is 1.81. The molecule has 1 aliphatic rings. The molecule has 1 aromatic carbocycles. The molecule has 0 N–H and O–H groups in total. The third kappa shape index (κ3) is 3.95. The first-order valence-electron chi connectivity index (χ1n) is 6.75. The van der Waals surface area contributed by atoms with Gasteiger partial charge in [-0.1, -0.05) is 6.07 Å². The van der Waals surface area contributed by atoms with Crippen LogP contribution in [-0.4, -0.2) is 12.4 Å². The van der Waals surface area contributed by atoms with Crippen molar-refractivity contribution in [1.82, 2.24) is 0 Å². The van der Waals surface area contributed by atoms with Crippen LogP contribution in [0.25, 0.3) is 0 Å². The summed E-state index contributed by atoms with van der Waals surface area (Å²) in [6.45, 7) is 0.840. The van der Waals surface area contributed by atoms with Gasteiger partial charge in [-0.3, -0.25) is 0 Å². The van der Waals surface area contributed by atoms with Crippen LogP contribution in [0.4, 0.5) is 0 Å². The Kier molecular flexibility index (Phi) is 5.24. The minimum atomic E-state index is 0.840. The highest BCUT2D eigenvalue weighted by Gasteiger charge is 2.09. The second-order valence-electron chi connectivity index (χ2n) is 4.77. The Hall–Kier alpha value is -0.630. The van der Waals surface area contributed by atoms with Crippen molar-refractivity contribution in [2.24, 2.45) is 0 Å². The van der Waals surface area contributed by atoms with Gasteiger partial charge in [-0.2, -0.15) is 12.6 Å². The molecule has 17 heavy (non-hydrogen) atoms. The number of hydrogen-bond donors (Lipinski definition) is 1. The molecule has 0 fully saturated rings. The van der Waals surface area contributed by atoms with Crippen LogP contribution in [0.2, 0.25) is 0 Å². The minimum Gasteiger partial charge on any atom is -0.494 e. The summed E-state index contributed by atoms with van der Waals surface area (Å²) in [6.07, 6.45) is 8.70. The van der Waals surface area contributed by atoms with Gasteiger partial charge >= 0.3 is 0 Å². The van der Waals surface area contributed by atoms with Gasteiger partial charge < -0.3 is 4.74 Å². The maximum Gasteiger partial charge on any atom is 0.119 e. The number of aryl methyl sites for hydroxylation is 2. The van der Waals surface area contributed by atoms with Crippen LogP contribution >= 0.6 is 12.6 Å². The molecule has 0 amide bonds. The Morgan fingerprint density at radius 3 is 2.65 bits per heavy atom. The predicted molar refractivity (Wildman–Crippen MR) is 76.3 cm³/mol. The molecular weight excluding hydrogens is 228 g/mol. The molecule has 0 spiro atoms. The van der Waals surface area contributed by atoms with Gasteiger partial charge in [0.05, 0.1) is 6.61 Å². The smallest absolute Gasteiger partial charge is 0.119 e. The van der Waals surface area contributed by atoms with Crippen molar-refractivity contribution in [3.63, 3.8) is 0 Å². The van der Waals surface area contributed by atoms with Crippen LogP contribution in [0.1, 0.15) is 43.2 Å². The highest BCUT2D eigenvalue weighted by molar-refractivity contribution is 7.80. The van der Waals surface area contributed by atoms with E-state index in [-0.39, 0.29) is 0 Å². The topological polar surface area (TPSA) is 9.23 Å². The molecule has 2 heteroatoms. The lowest BCUT2D eigenvalue weighted by Gasteiger charge is -2.16. The zero-order valence-corrected chi connectivity index (χ0v) is 11.3. The van der Waals surface area contributed by atoms with E-state index in [0.29, 0.717) is 0 Å². The van der Waals surface area contributed by atoms with Gasteiger partial charge in [0.2, 0.25) is 0 Å². The second-order valence-corrected chi connectivity index (χ2v) is 5.22. The van der Waals surface area contributed by atoms with E-state index in [1.54, 1.807) is 0 Å². The number of thiol groups is 1. The maximum absolute atomic E-state index is 5.79. The third-order valence-corrected chi connectivity index (χ3v) is 3.71. The van der Waals surface area contributed by atoms with Gasteiger partial charge in [0, 0.05) is 0 Å². The summed E-state index contributed by atoms with van der Waals surface area (Å²) in [7, 11) is 0. The van der Waals surface area contributed by atoms with Crippen LogP contribution in [0.3, 0.4) is 0 Å². The van der Waals surface area contributed by atoms with Crippen molar-refractivity contribution in [2.45, 2.75) is 44.9 Å². The summed E-state index contributed by atoms with van der Waals surface area (Å²) in [5, 5.41) is 0. The highest BCUT2D eigenvalue weighted by Crippen LogP contribution is 2.25. The number of fused-ring (bicyclic) bond motifs is 1. The summed E-state index contributed by atoms with van der Waals surface area (Å²) in [5.41, 5.74) is 3.03. The van der Waals surface area contributed by atoms with E-state index in [4.69, 9.17) is 4.74 Å². The van der Waals surface area contributed by atoms with Crippen molar-refractivity contribution in [3.05, 3.63) is 29.3 Å². The van der Waals surface area contributed by atoms with Crippen LogP contribution < -0.4 is 4.74 Å². The van der Waals surface area contributed by atoms with E-state index in [2.05, 4.69) is 30.8 Å². The molecule has 1 aromatic rings. The predicted octanol–water partition coefficient (Wildman–Crippen LogP) is 4.04. The lowest BCUT2D eigenvalue weighted by atomic mass is 9.92. The molecule has 1 aliphatic carbocycles. The fourth-order valence-corrected chi connectivity index (χ4v) is 2.60. The van der Waals surface area contributed by atoms with E-state index in [9.17, 15) is 0 Å². The van der Waals surface area contributed by atoms with E-state index in [0.717, 1.165) is 24.5 Å². The average Bonchev–Trinajstić information content (AvgIpc) is 2.38. The van der Waals surface area contributed by atoms with E-state index < -0.39 is 0 Å². The molecule has 2 rings (SSSR count). The summed E-state index contributed by atoms with van der Waals surface area (Å²) in [5.74, 6) is 2.04. The molecule has 0 radical (unpaired) electrons. The number of hydrogen-bond acceptors (Lipinski definition) is 2. The lowest BCUT2D eigenvalue weighted by molar-refractivity contribution is 0.306. The largest absolute Gasteiger partial charge is 0.494 e. The number of ether oxygens (including phenoxy) is 1. The SMILES string of the molecule is SCCCCCOc1ccc2c(c1)CCCC2. The maximum atomic E-state index is 5.79. The Bertz CT molecular complexity index is 349. The summed E-state index contributed by atoms with van der Waals surface area (Å²) < 4.78 is 5.79. The first-order chi connectivity index (χ1) is 8.40. The Labute approximate surface area is 110 Å². The zero-order valence-electron chi connectivity index (χ0n) is 10.5. The van der Waals surface area contributed by atoms with Gasteiger partial charge in [0.25, 0.3) is 0 Å². The van der Waals surface area contributed by atoms with E-state index in [1.165, 1.54) is 49.7 Å². The average molecular weight is 250 g/mol. The lowest BCUT2D eigenvalue weighted by Crippen LogP contribution is -2.04. The van der Waals surface area contributed by atoms with Gasteiger partial charge in [0.15, 0.2) is 0 Å². The summed E-state index contributed by atoms with van der Waals surface area (Å²) in [6, 6.07) is 6.62. The zero-order chi connectivity index (χ0) is 11.9. The first-order valence-corrected chi connectivity index (χ1v) is 7.39. The van der Waals surface area contributed by atoms with E-state index >= 15 is 0 Å². The molecule has 94 valence electrons. The minimum absolute atomic E-state index is 0.840. The summed E-state index contributed by atoms with van der Waals surface area (Å²) in [4.78, 5) is 0. The van der Waals surface area contributed by atoms with Gasteiger partial charge in [-0.25, -0.2) is 0 Å². The number of rotatable bonds is 6. The molecule has 0 saturated carbocycles. The monoisotopic (exact) mass is 250 g/mol. The number of unbranched alkanes of at least 4 members (excludes halogenated alkanes) is 2. The Morgan fingerprint density at radius 1 is 1.00 bits per heavy atom. The van der Waals surface area contributed by atoms with E-state index in [1.807, 2.05) is 0 Å². The molecule has 0 atom stereocenters. The molecule has 0 unspecified atom stereocenters. The van der Waals surface area contributed by atoms with Crippen LogP contribution in [-0.2, 0) is 12.8 Å². The van der Waals surface area contributed by atoms with Crippen molar-refractivity contribution in [3.8, 4) is 5.75 Å². The molecule has 0 aliphatic heterocycles. The molecule has 1 nitrogen and oxygen atoms in total. The van der Waals surface area contributed by atoms with Gasteiger partial charge in [-0.15, -0.1) is 0 Å². The molecular formula is C15H22OS. The van der Waals surface area contributed by atoms with Crippen LogP contribution in [0.5, 0.6) is 5.75 Å². The standard InChI is InChI=1S/C15H22OS/c17-11-5-1-4-10-16-15-9-8-13-6-2-3-7-14(13)12-15/h8-9,12,17H,1-7,10-11H2. The highest BCUT2D eigenvalue weighted by atomic mass is 32.1. The Morgan fingerprint density at radius 2 is 1.82 bits per heavy atom. The number of benzene rings is 1. The van der Waals surface area contributed by atoms with Crippen molar-refractivity contribution < 1.29 is 4.74 Å². The van der Waals surface area contributed by atoms with Crippen molar-refractivity contribution in [2.75, 3.05) is 12.4 Å². The normalized spacial score (nSPS) is 14.4. The third-order valence-electron chi connectivity index (χ3n) is 3.39. The summed E-state index contributed by atoms with van der Waals surface area (Å²) >= 11 is 4.21. The molecule has 0 saturated heterocycles. The fraction of sp³-hybridized carbons (Fsp3) is 0.600. The quantitative estimate of drug-likeness (QED) is 0.592. The van der Waals surface area contributed by atoms with Gasteiger partial charge in [-0.05, 0) is 74.0 Å². The molecule has 0 aromatic heterocycles. The second kappa shape index (κ2) is 6.95. The fourth-order valence-electron chi connectivity index (χ4n) is 2.38. The van der Waals surface area contributed by atoms with Crippen molar-refractivity contribution in [1.29, 1.82) is 0 Å². The van der Waals surface area contributed by atoms with Crippen LogP contribution in [0.15, 0.2) is 18.2 Å². The van der Waals surface area contributed by atoms with Crippen LogP contribution in [0, 0.1) is 0 Å². The molecule has 0 bridgehead atoms.